The number of carbonyl (C=O) groups excluding carboxylic acids is 1. The molecule has 0 aromatic heterocycles. The lowest BCUT2D eigenvalue weighted by Crippen LogP contribution is -2.46. The molecular formula is C17H35NO2. The van der Waals surface area contributed by atoms with E-state index in [9.17, 15) is 4.79 Å². The Kier molecular flexibility index (Phi) is 6.73. The van der Waals surface area contributed by atoms with Crippen molar-refractivity contribution in [3.63, 3.8) is 0 Å². The molecule has 0 aromatic carbocycles. The van der Waals surface area contributed by atoms with Gasteiger partial charge in [-0.1, -0.05) is 41.5 Å². The molecule has 0 aliphatic heterocycles. The van der Waals surface area contributed by atoms with E-state index in [2.05, 4.69) is 48.5 Å². The molecule has 1 atom stereocenters. The van der Waals surface area contributed by atoms with Crippen molar-refractivity contribution in [3.8, 4) is 0 Å². The van der Waals surface area contributed by atoms with Gasteiger partial charge in [0.1, 0.15) is 6.61 Å². The molecule has 20 heavy (non-hydrogen) atoms. The first-order valence-corrected chi connectivity index (χ1v) is 7.68. The molecule has 120 valence electrons. The molecule has 0 spiro atoms. The Morgan fingerprint density at radius 2 is 1.55 bits per heavy atom. The van der Waals surface area contributed by atoms with Gasteiger partial charge in [-0.05, 0) is 44.7 Å². The standard InChI is InChI=1S/C17H35NO2/c1-10-16(5,6)17(7,13-15(2,3)4)14(19)20-12-11-18(8)9/h10-13H2,1-9H3. The molecule has 3 nitrogen and oxygen atoms in total. The first-order chi connectivity index (χ1) is 8.85. The van der Waals surface area contributed by atoms with Crippen molar-refractivity contribution in [1.29, 1.82) is 0 Å². The van der Waals surface area contributed by atoms with Crippen LogP contribution in [0.3, 0.4) is 0 Å². The Balaban J connectivity index is 5.08. The predicted molar refractivity (Wildman–Crippen MR) is 85.8 cm³/mol. The molecule has 0 aromatic rings. The van der Waals surface area contributed by atoms with Crippen LogP contribution in [0.5, 0.6) is 0 Å². The van der Waals surface area contributed by atoms with Crippen LogP contribution in [0.25, 0.3) is 0 Å². The average Bonchev–Trinajstić information content (AvgIpc) is 2.25. The van der Waals surface area contributed by atoms with Crippen LogP contribution in [-0.2, 0) is 9.53 Å². The maximum atomic E-state index is 12.7. The minimum atomic E-state index is -0.452. The Hall–Kier alpha value is -0.570. The Morgan fingerprint density at radius 1 is 1.05 bits per heavy atom. The topological polar surface area (TPSA) is 29.5 Å². The monoisotopic (exact) mass is 285 g/mol. The maximum absolute atomic E-state index is 12.7. The van der Waals surface area contributed by atoms with Crippen LogP contribution in [0.4, 0.5) is 0 Å². The van der Waals surface area contributed by atoms with Gasteiger partial charge in [0.05, 0.1) is 5.41 Å². The molecule has 0 rings (SSSR count). The highest BCUT2D eigenvalue weighted by Crippen LogP contribution is 2.49. The fourth-order valence-corrected chi connectivity index (χ4v) is 2.52. The second-order valence-corrected chi connectivity index (χ2v) is 8.25. The van der Waals surface area contributed by atoms with Crippen LogP contribution in [0.2, 0.25) is 0 Å². The van der Waals surface area contributed by atoms with Gasteiger partial charge in [0.25, 0.3) is 0 Å². The third kappa shape index (κ3) is 5.43. The van der Waals surface area contributed by atoms with Crippen LogP contribution >= 0.6 is 0 Å². The highest BCUT2D eigenvalue weighted by atomic mass is 16.5. The van der Waals surface area contributed by atoms with Crippen molar-refractivity contribution >= 4 is 5.97 Å². The number of ether oxygens (including phenoxy) is 1. The zero-order valence-corrected chi connectivity index (χ0v) is 15.1. The van der Waals surface area contributed by atoms with E-state index in [1.807, 2.05) is 19.0 Å². The predicted octanol–water partition coefficient (Wildman–Crippen LogP) is 3.97. The van der Waals surface area contributed by atoms with Crippen molar-refractivity contribution in [2.24, 2.45) is 16.2 Å². The summed E-state index contributed by atoms with van der Waals surface area (Å²) in [6.45, 7) is 16.3. The minimum absolute atomic E-state index is 0.0545. The summed E-state index contributed by atoms with van der Waals surface area (Å²) in [6, 6.07) is 0. The SMILES string of the molecule is CCC(C)(C)C(C)(CC(C)(C)C)C(=O)OCCN(C)C. The van der Waals surface area contributed by atoms with Gasteiger partial charge in [0.2, 0.25) is 0 Å². The lowest BCUT2D eigenvalue weighted by atomic mass is 9.59. The Bertz CT molecular complexity index is 315. The molecule has 0 saturated heterocycles. The summed E-state index contributed by atoms with van der Waals surface area (Å²) in [4.78, 5) is 14.7. The quantitative estimate of drug-likeness (QED) is 0.663. The highest BCUT2D eigenvalue weighted by Gasteiger charge is 2.49. The molecule has 0 amide bonds. The summed E-state index contributed by atoms with van der Waals surface area (Å²) < 4.78 is 5.57. The van der Waals surface area contributed by atoms with Gasteiger partial charge in [-0.15, -0.1) is 0 Å². The Morgan fingerprint density at radius 3 is 1.90 bits per heavy atom. The van der Waals surface area contributed by atoms with Crippen molar-refractivity contribution in [1.82, 2.24) is 4.90 Å². The summed E-state index contributed by atoms with van der Waals surface area (Å²) >= 11 is 0. The number of esters is 1. The zero-order valence-electron chi connectivity index (χ0n) is 15.1. The molecule has 0 heterocycles. The molecule has 0 N–H and O–H groups in total. The molecule has 0 aliphatic carbocycles. The van der Waals surface area contributed by atoms with Crippen LogP contribution in [-0.4, -0.2) is 38.1 Å². The van der Waals surface area contributed by atoms with Gasteiger partial charge in [0.15, 0.2) is 0 Å². The van der Waals surface area contributed by atoms with Crippen molar-refractivity contribution in [2.45, 2.75) is 61.3 Å². The summed E-state index contributed by atoms with van der Waals surface area (Å²) in [5.41, 5.74) is -0.427. The third-order valence-electron chi connectivity index (χ3n) is 4.48. The van der Waals surface area contributed by atoms with Crippen LogP contribution in [0.1, 0.15) is 61.3 Å². The second-order valence-electron chi connectivity index (χ2n) is 8.25. The van der Waals surface area contributed by atoms with E-state index >= 15 is 0 Å². The van der Waals surface area contributed by atoms with E-state index in [4.69, 9.17) is 4.74 Å². The summed E-state index contributed by atoms with van der Waals surface area (Å²) in [5.74, 6) is -0.0545. The van der Waals surface area contributed by atoms with Gasteiger partial charge >= 0.3 is 5.97 Å². The molecule has 0 saturated carbocycles. The minimum Gasteiger partial charge on any atom is -0.464 e. The van der Waals surface area contributed by atoms with Gasteiger partial charge in [-0.25, -0.2) is 0 Å². The number of carbonyl (C=O) groups is 1. The molecule has 0 radical (unpaired) electrons. The normalized spacial score (nSPS) is 16.1. The summed E-state index contributed by atoms with van der Waals surface area (Å²) in [7, 11) is 3.97. The average molecular weight is 285 g/mol. The molecular weight excluding hydrogens is 250 g/mol. The lowest BCUT2D eigenvalue weighted by molar-refractivity contribution is -0.166. The number of nitrogens with zero attached hydrogens (tertiary/aromatic N) is 1. The third-order valence-corrected chi connectivity index (χ3v) is 4.48. The van der Waals surface area contributed by atoms with E-state index < -0.39 is 5.41 Å². The Labute approximate surface area is 126 Å². The van der Waals surface area contributed by atoms with Gasteiger partial charge in [0, 0.05) is 6.54 Å². The lowest BCUT2D eigenvalue weighted by Gasteiger charge is -2.45. The first kappa shape index (κ1) is 19.4. The fourth-order valence-electron chi connectivity index (χ4n) is 2.52. The van der Waals surface area contributed by atoms with Gasteiger partial charge in [-0.3, -0.25) is 4.79 Å². The van der Waals surface area contributed by atoms with Crippen molar-refractivity contribution in [2.75, 3.05) is 27.2 Å². The van der Waals surface area contributed by atoms with E-state index in [-0.39, 0.29) is 16.8 Å². The van der Waals surface area contributed by atoms with E-state index in [1.165, 1.54) is 0 Å². The number of hydrogen-bond acceptors (Lipinski definition) is 3. The van der Waals surface area contributed by atoms with Crippen molar-refractivity contribution in [3.05, 3.63) is 0 Å². The number of hydrogen-bond donors (Lipinski definition) is 0. The fraction of sp³-hybridized carbons (Fsp3) is 0.941. The van der Waals surface area contributed by atoms with Crippen LogP contribution < -0.4 is 0 Å². The van der Waals surface area contributed by atoms with Gasteiger partial charge < -0.3 is 9.64 Å². The smallest absolute Gasteiger partial charge is 0.312 e. The van der Waals surface area contributed by atoms with Crippen molar-refractivity contribution < 1.29 is 9.53 Å². The number of likely N-dealkylation sites (N-methyl/N-ethyl adjacent to an activating group) is 1. The van der Waals surface area contributed by atoms with Crippen LogP contribution in [0.15, 0.2) is 0 Å². The molecule has 0 aliphatic rings. The van der Waals surface area contributed by atoms with E-state index in [0.29, 0.717) is 6.61 Å². The summed E-state index contributed by atoms with van der Waals surface area (Å²) in [5, 5.41) is 0. The molecule has 0 bridgehead atoms. The second kappa shape index (κ2) is 6.93. The first-order valence-electron chi connectivity index (χ1n) is 7.68. The summed E-state index contributed by atoms with van der Waals surface area (Å²) in [6.07, 6.45) is 1.80. The molecule has 0 fully saturated rings. The van der Waals surface area contributed by atoms with E-state index in [0.717, 1.165) is 19.4 Å². The molecule has 1 unspecified atom stereocenters. The molecule has 3 heteroatoms. The van der Waals surface area contributed by atoms with Crippen LogP contribution in [0, 0.1) is 16.2 Å². The van der Waals surface area contributed by atoms with Gasteiger partial charge in [-0.2, -0.15) is 0 Å². The maximum Gasteiger partial charge on any atom is 0.312 e. The number of rotatable bonds is 7. The highest BCUT2D eigenvalue weighted by molar-refractivity contribution is 5.77. The largest absolute Gasteiger partial charge is 0.464 e. The van der Waals surface area contributed by atoms with E-state index in [1.54, 1.807) is 0 Å². The zero-order chi connectivity index (χ0) is 16.2.